The summed E-state index contributed by atoms with van der Waals surface area (Å²) in [5.74, 6) is 0. The van der Waals surface area contributed by atoms with Crippen molar-refractivity contribution >= 4 is 29.0 Å². The molecule has 0 saturated heterocycles. The largest absolute Gasteiger partial charge is 0.411 e. The highest BCUT2D eigenvalue weighted by Gasteiger charge is 2.06. The lowest BCUT2D eigenvalue weighted by atomic mass is 9.99. The van der Waals surface area contributed by atoms with Crippen molar-refractivity contribution in [2.45, 2.75) is 6.92 Å². The monoisotopic (exact) mass is 271 g/mol. The minimum Gasteiger partial charge on any atom is -0.411 e. The first-order valence-corrected chi connectivity index (χ1v) is 6.30. The Morgan fingerprint density at radius 1 is 1.11 bits per heavy atom. The van der Waals surface area contributed by atoms with E-state index in [4.69, 9.17) is 16.8 Å². The van der Waals surface area contributed by atoms with Crippen LogP contribution in [0.15, 0.2) is 59.8 Å². The fraction of sp³-hybridized carbons (Fsp3) is 0.0625. The first-order valence-electron chi connectivity index (χ1n) is 5.92. The van der Waals surface area contributed by atoms with Gasteiger partial charge in [0.05, 0.1) is 5.71 Å². The molecule has 0 radical (unpaired) electrons. The molecule has 0 aromatic heterocycles. The van der Waals surface area contributed by atoms with Gasteiger partial charge in [-0.15, -0.1) is 0 Å². The number of hydrogen-bond acceptors (Lipinski definition) is 2. The van der Waals surface area contributed by atoms with E-state index in [-0.39, 0.29) is 0 Å². The Bertz CT molecular complexity index is 618. The third kappa shape index (κ3) is 3.46. The summed E-state index contributed by atoms with van der Waals surface area (Å²) in [6.07, 6.45) is 1.95. The van der Waals surface area contributed by atoms with E-state index in [0.717, 1.165) is 16.7 Å². The second kappa shape index (κ2) is 6.21. The van der Waals surface area contributed by atoms with Gasteiger partial charge in [0, 0.05) is 10.6 Å². The first kappa shape index (κ1) is 13.4. The smallest absolute Gasteiger partial charge is 0.0843 e. The Hall–Kier alpha value is -2.06. The SMILES string of the molecule is CC(=NO)C(=Cc1cccc(Cl)c1)c1ccccc1. The van der Waals surface area contributed by atoms with E-state index in [2.05, 4.69) is 5.16 Å². The molecule has 0 bridgehead atoms. The first-order chi connectivity index (χ1) is 9.20. The summed E-state index contributed by atoms with van der Waals surface area (Å²) >= 11 is 5.98. The van der Waals surface area contributed by atoms with E-state index in [1.807, 2.05) is 60.7 Å². The van der Waals surface area contributed by atoms with Crippen molar-refractivity contribution in [2.24, 2.45) is 5.16 Å². The zero-order valence-corrected chi connectivity index (χ0v) is 11.3. The van der Waals surface area contributed by atoms with Crippen molar-refractivity contribution in [2.75, 3.05) is 0 Å². The Morgan fingerprint density at radius 2 is 1.84 bits per heavy atom. The molecule has 19 heavy (non-hydrogen) atoms. The van der Waals surface area contributed by atoms with E-state index >= 15 is 0 Å². The molecule has 0 aliphatic rings. The maximum atomic E-state index is 9.02. The van der Waals surface area contributed by atoms with Crippen molar-refractivity contribution in [1.82, 2.24) is 0 Å². The molecule has 0 amide bonds. The van der Waals surface area contributed by atoms with Crippen LogP contribution in [-0.2, 0) is 0 Å². The second-order valence-corrected chi connectivity index (χ2v) is 4.60. The molecule has 1 N–H and O–H groups in total. The molecule has 0 unspecified atom stereocenters. The molecule has 0 spiro atoms. The molecule has 2 aromatic rings. The number of oxime groups is 1. The van der Waals surface area contributed by atoms with Crippen molar-refractivity contribution < 1.29 is 5.21 Å². The molecule has 0 heterocycles. The molecular weight excluding hydrogens is 258 g/mol. The topological polar surface area (TPSA) is 32.6 Å². The summed E-state index contributed by atoms with van der Waals surface area (Å²) in [5, 5.41) is 13.0. The van der Waals surface area contributed by atoms with E-state index in [1.54, 1.807) is 6.92 Å². The van der Waals surface area contributed by atoms with Crippen LogP contribution in [0.2, 0.25) is 5.02 Å². The zero-order valence-electron chi connectivity index (χ0n) is 10.5. The predicted octanol–water partition coefficient (Wildman–Crippen LogP) is 4.73. The average molecular weight is 272 g/mol. The fourth-order valence-corrected chi connectivity index (χ4v) is 2.03. The van der Waals surface area contributed by atoms with Gasteiger partial charge in [-0.05, 0) is 36.3 Å². The standard InChI is InChI=1S/C16H14ClNO/c1-12(18-19)16(14-7-3-2-4-8-14)11-13-6-5-9-15(17)10-13/h2-11,19H,1H3. The summed E-state index contributed by atoms with van der Waals surface area (Å²) in [5.41, 5.74) is 3.39. The van der Waals surface area contributed by atoms with E-state index < -0.39 is 0 Å². The van der Waals surface area contributed by atoms with Crippen molar-refractivity contribution in [3.8, 4) is 0 Å². The number of hydrogen-bond donors (Lipinski definition) is 1. The Labute approximate surface area is 117 Å². The lowest BCUT2D eigenvalue weighted by Gasteiger charge is -2.07. The van der Waals surface area contributed by atoms with Gasteiger partial charge in [-0.25, -0.2) is 0 Å². The third-order valence-electron chi connectivity index (χ3n) is 2.78. The van der Waals surface area contributed by atoms with Gasteiger partial charge in [-0.3, -0.25) is 0 Å². The molecule has 3 heteroatoms. The van der Waals surface area contributed by atoms with E-state index in [1.165, 1.54) is 0 Å². The summed E-state index contributed by atoms with van der Waals surface area (Å²) in [6.45, 7) is 1.77. The molecule has 0 aliphatic heterocycles. The second-order valence-electron chi connectivity index (χ2n) is 4.16. The fourth-order valence-electron chi connectivity index (χ4n) is 1.83. The zero-order chi connectivity index (χ0) is 13.7. The predicted molar refractivity (Wildman–Crippen MR) is 80.7 cm³/mol. The van der Waals surface area contributed by atoms with Crippen molar-refractivity contribution in [3.63, 3.8) is 0 Å². The Balaban J connectivity index is 2.50. The van der Waals surface area contributed by atoms with Gasteiger partial charge < -0.3 is 5.21 Å². The Morgan fingerprint density at radius 3 is 2.47 bits per heavy atom. The third-order valence-corrected chi connectivity index (χ3v) is 3.02. The number of halogens is 1. The van der Waals surface area contributed by atoms with Crippen LogP contribution in [-0.4, -0.2) is 10.9 Å². The lowest BCUT2D eigenvalue weighted by molar-refractivity contribution is 0.319. The van der Waals surface area contributed by atoms with Gasteiger partial charge in [0.25, 0.3) is 0 Å². The summed E-state index contributed by atoms with van der Waals surface area (Å²) in [7, 11) is 0. The van der Waals surface area contributed by atoms with Crippen molar-refractivity contribution in [1.29, 1.82) is 0 Å². The normalized spacial score (nSPS) is 12.5. The molecule has 0 saturated carbocycles. The Kier molecular flexibility index (Phi) is 4.37. The molecule has 2 aromatic carbocycles. The van der Waals surface area contributed by atoms with Crippen LogP contribution in [0.3, 0.4) is 0 Å². The van der Waals surface area contributed by atoms with Crippen LogP contribution in [0, 0.1) is 0 Å². The summed E-state index contributed by atoms with van der Waals surface area (Å²) in [6, 6.07) is 17.4. The van der Waals surface area contributed by atoms with Gasteiger partial charge in [0.2, 0.25) is 0 Å². The minimum atomic E-state index is 0.561. The van der Waals surface area contributed by atoms with Crippen LogP contribution < -0.4 is 0 Å². The molecule has 2 nitrogen and oxygen atoms in total. The average Bonchev–Trinajstić information content (AvgIpc) is 2.45. The lowest BCUT2D eigenvalue weighted by Crippen LogP contribution is -1.96. The van der Waals surface area contributed by atoms with E-state index in [0.29, 0.717) is 10.7 Å². The molecule has 96 valence electrons. The van der Waals surface area contributed by atoms with Gasteiger partial charge in [0.15, 0.2) is 0 Å². The molecule has 0 atom stereocenters. The van der Waals surface area contributed by atoms with Crippen LogP contribution in [0.5, 0.6) is 0 Å². The van der Waals surface area contributed by atoms with Gasteiger partial charge in [-0.2, -0.15) is 0 Å². The number of benzene rings is 2. The maximum Gasteiger partial charge on any atom is 0.0843 e. The quantitative estimate of drug-likeness (QED) is 0.372. The summed E-state index contributed by atoms with van der Waals surface area (Å²) < 4.78 is 0. The van der Waals surface area contributed by atoms with Crippen molar-refractivity contribution in [3.05, 3.63) is 70.7 Å². The molecule has 2 rings (SSSR count). The molecule has 0 fully saturated rings. The number of rotatable bonds is 3. The number of nitrogens with zero attached hydrogens (tertiary/aromatic N) is 1. The minimum absolute atomic E-state index is 0.561. The maximum absolute atomic E-state index is 9.02. The highest BCUT2D eigenvalue weighted by molar-refractivity contribution is 6.31. The van der Waals surface area contributed by atoms with E-state index in [9.17, 15) is 0 Å². The summed E-state index contributed by atoms with van der Waals surface area (Å²) in [4.78, 5) is 0. The highest BCUT2D eigenvalue weighted by Crippen LogP contribution is 2.21. The molecule has 0 aliphatic carbocycles. The van der Waals surface area contributed by atoms with Crippen LogP contribution in [0.4, 0.5) is 0 Å². The van der Waals surface area contributed by atoms with Gasteiger partial charge >= 0.3 is 0 Å². The van der Waals surface area contributed by atoms with Crippen LogP contribution in [0.1, 0.15) is 18.1 Å². The van der Waals surface area contributed by atoms with Gasteiger partial charge in [0.1, 0.15) is 0 Å². The number of allylic oxidation sites excluding steroid dienone is 1. The van der Waals surface area contributed by atoms with Crippen LogP contribution in [0.25, 0.3) is 11.6 Å². The highest BCUT2D eigenvalue weighted by atomic mass is 35.5. The molecular formula is C16H14ClNO. The van der Waals surface area contributed by atoms with Crippen LogP contribution >= 0.6 is 11.6 Å². The van der Waals surface area contributed by atoms with Gasteiger partial charge in [-0.1, -0.05) is 59.2 Å².